The minimum atomic E-state index is -0.435. The summed E-state index contributed by atoms with van der Waals surface area (Å²) in [5, 5.41) is 7.09. The Morgan fingerprint density at radius 2 is 1.78 bits per heavy atom. The first-order valence-corrected chi connectivity index (χ1v) is 14.5. The Hall–Kier alpha value is -2.00. The zero-order chi connectivity index (χ0) is 26.8. The summed E-state index contributed by atoms with van der Waals surface area (Å²) in [6.45, 7) is 4.45. The molecule has 2 amide bonds. The average molecular weight is 567 g/mol. The standard InChI is InChI=1S/C17H19ClN2S.C10H18ClN3O2/c1-19(2)10-5-11-20-14-6-3-4-7-16(14)21-17-9-8-13(18)12-15(17)20;1-8-2-4-9(5-3-8)12-10(15)14(13-16)7-6-11/h3-4,6-9,12H,5,10-11H2,1-2H3;8-9H,2-7H2,1H3,(H,12,15). The van der Waals surface area contributed by atoms with Crippen molar-refractivity contribution in [2.75, 3.05) is 44.5 Å². The second-order valence-corrected chi connectivity index (χ2v) is 11.7. The topological polar surface area (TPSA) is 68.2 Å². The number of fused-ring (bicyclic) bond motifs is 2. The van der Waals surface area contributed by atoms with Crippen LogP contribution in [0, 0.1) is 10.8 Å². The Bertz CT molecular complexity index is 1030. The summed E-state index contributed by atoms with van der Waals surface area (Å²) in [6.07, 6.45) is 5.31. The van der Waals surface area contributed by atoms with E-state index in [1.54, 1.807) is 0 Å². The van der Waals surface area contributed by atoms with Crippen LogP contribution in [0.3, 0.4) is 0 Å². The van der Waals surface area contributed by atoms with Crippen molar-refractivity contribution in [3.63, 3.8) is 0 Å². The van der Waals surface area contributed by atoms with E-state index >= 15 is 0 Å². The van der Waals surface area contributed by atoms with Gasteiger partial charge >= 0.3 is 6.03 Å². The van der Waals surface area contributed by atoms with Gasteiger partial charge in [-0.25, -0.2) is 4.79 Å². The van der Waals surface area contributed by atoms with Crippen molar-refractivity contribution < 1.29 is 4.79 Å². The molecule has 2 aromatic rings. The van der Waals surface area contributed by atoms with Gasteiger partial charge in [-0.2, -0.15) is 5.01 Å². The van der Waals surface area contributed by atoms with Gasteiger partial charge in [0.25, 0.3) is 0 Å². The first-order valence-electron chi connectivity index (χ1n) is 12.8. The van der Waals surface area contributed by atoms with Crippen molar-refractivity contribution in [3.8, 4) is 0 Å². The van der Waals surface area contributed by atoms with Gasteiger partial charge in [0, 0.05) is 33.3 Å². The number of nitrogens with one attached hydrogen (secondary N) is 1. The van der Waals surface area contributed by atoms with Crippen LogP contribution in [0.15, 0.2) is 57.5 Å². The van der Waals surface area contributed by atoms with Crippen molar-refractivity contribution in [1.82, 2.24) is 15.2 Å². The molecule has 0 unspecified atom stereocenters. The molecule has 202 valence electrons. The molecular formula is C27H37Cl2N5O2S. The highest BCUT2D eigenvalue weighted by Gasteiger charge is 2.24. The summed E-state index contributed by atoms with van der Waals surface area (Å²) >= 11 is 13.5. The van der Waals surface area contributed by atoms with Crippen molar-refractivity contribution in [2.24, 2.45) is 11.2 Å². The molecule has 7 nitrogen and oxygen atoms in total. The first kappa shape index (κ1) is 29.6. The lowest BCUT2D eigenvalue weighted by Gasteiger charge is -2.33. The molecule has 10 heteroatoms. The van der Waals surface area contributed by atoms with Gasteiger partial charge in [-0.15, -0.1) is 16.5 Å². The summed E-state index contributed by atoms with van der Waals surface area (Å²) in [5.74, 6) is 0.942. The van der Waals surface area contributed by atoms with Gasteiger partial charge in [-0.3, -0.25) is 0 Å². The normalized spacial score (nSPS) is 18.3. The number of amides is 2. The zero-order valence-electron chi connectivity index (χ0n) is 21.8. The Labute approximate surface area is 234 Å². The van der Waals surface area contributed by atoms with Gasteiger partial charge in [0.1, 0.15) is 0 Å². The highest BCUT2D eigenvalue weighted by molar-refractivity contribution is 7.99. The van der Waals surface area contributed by atoms with Gasteiger partial charge in [0.05, 0.1) is 23.2 Å². The van der Waals surface area contributed by atoms with Crippen LogP contribution in [-0.4, -0.2) is 61.6 Å². The molecule has 1 aliphatic carbocycles. The van der Waals surface area contributed by atoms with E-state index in [4.69, 9.17) is 23.2 Å². The number of hydrogen-bond acceptors (Lipinski definition) is 6. The Morgan fingerprint density at radius 1 is 1.08 bits per heavy atom. The number of rotatable bonds is 8. The predicted octanol–water partition coefficient (Wildman–Crippen LogP) is 7.39. The molecule has 1 heterocycles. The SMILES string of the molecule is CC1CCC(NC(=O)N(CCCl)N=O)CC1.CN(C)CCCN1c2ccccc2Sc2ccc(Cl)cc21. The summed E-state index contributed by atoms with van der Waals surface area (Å²) in [4.78, 5) is 29.2. The van der Waals surface area contributed by atoms with E-state index in [0.29, 0.717) is 0 Å². The van der Waals surface area contributed by atoms with Crippen LogP contribution in [0.1, 0.15) is 39.0 Å². The maximum absolute atomic E-state index is 11.6. The van der Waals surface area contributed by atoms with Crippen LogP contribution in [0.25, 0.3) is 0 Å². The highest BCUT2D eigenvalue weighted by Crippen LogP contribution is 2.48. The molecular weight excluding hydrogens is 529 g/mol. The lowest BCUT2D eigenvalue weighted by Crippen LogP contribution is -2.44. The number of alkyl halides is 1. The fourth-order valence-electron chi connectivity index (χ4n) is 4.50. The zero-order valence-corrected chi connectivity index (χ0v) is 24.2. The number of urea groups is 1. The van der Waals surface area contributed by atoms with E-state index in [9.17, 15) is 9.70 Å². The molecule has 0 aromatic heterocycles. The third-order valence-corrected chi connectivity index (χ3v) is 8.08. The van der Waals surface area contributed by atoms with E-state index in [2.05, 4.69) is 77.8 Å². The van der Waals surface area contributed by atoms with Crippen LogP contribution >= 0.6 is 35.0 Å². The monoisotopic (exact) mass is 565 g/mol. The number of nitrogens with zero attached hydrogens (tertiary/aromatic N) is 4. The maximum atomic E-state index is 11.6. The number of carbonyl (C=O) groups excluding carboxylic acids is 1. The van der Waals surface area contributed by atoms with E-state index in [-0.39, 0.29) is 18.5 Å². The lowest BCUT2D eigenvalue weighted by atomic mass is 9.87. The number of nitroso groups, excluding NO2 is 1. The van der Waals surface area contributed by atoms with E-state index in [1.165, 1.54) is 21.2 Å². The molecule has 2 aliphatic rings. The van der Waals surface area contributed by atoms with E-state index < -0.39 is 6.03 Å². The quantitative estimate of drug-likeness (QED) is 0.205. The van der Waals surface area contributed by atoms with Crippen molar-refractivity contribution in [1.29, 1.82) is 0 Å². The minimum Gasteiger partial charge on any atom is -0.340 e. The van der Waals surface area contributed by atoms with Crippen LogP contribution in [0.5, 0.6) is 0 Å². The van der Waals surface area contributed by atoms with Gasteiger partial charge in [-0.1, -0.05) is 42.4 Å². The number of carbonyl (C=O) groups is 1. The van der Waals surface area contributed by atoms with Gasteiger partial charge < -0.3 is 15.1 Å². The Morgan fingerprint density at radius 3 is 2.46 bits per heavy atom. The maximum Gasteiger partial charge on any atom is 0.340 e. The van der Waals surface area contributed by atoms with Crippen LogP contribution in [-0.2, 0) is 0 Å². The molecule has 1 fully saturated rings. The third-order valence-electron chi connectivity index (χ3n) is 6.55. The summed E-state index contributed by atoms with van der Waals surface area (Å²) < 4.78 is 0. The molecule has 1 saturated carbocycles. The molecule has 1 aliphatic heterocycles. The van der Waals surface area contributed by atoms with Gasteiger partial charge in [0.2, 0.25) is 0 Å². The smallest absolute Gasteiger partial charge is 0.340 e. The van der Waals surface area contributed by atoms with Crippen molar-refractivity contribution in [2.45, 2.75) is 54.9 Å². The molecule has 4 rings (SSSR count). The van der Waals surface area contributed by atoms with Crippen LogP contribution in [0.4, 0.5) is 16.2 Å². The van der Waals surface area contributed by atoms with Crippen molar-refractivity contribution >= 4 is 52.4 Å². The Balaban J connectivity index is 0.000000214. The molecule has 1 N–H and O–H groups in total. The van der Waals surface area contributed by atoms with Gasteiger partial charge in [-0.05, 0) is 89.0 Å². The van der Waals surface area contributed by atoms with E-state index in [0.717, 1.165) is 61.1 Å². The molecule has 37 heavy (non-hydrogen) atoms. The summed E-state index contributed by atoms with van der Waals surface area (Å²) in [6, 6.07) is 14.5. The molecule has 0 saturated heterocycles. The molecule has 0 spiro atoms. The fraction of sp³-hybridized carbons (Fsp3) is 0.519. The number of para-hydroxylation sites is 1. The van der Waals surface area contributed by atoms with Crippen molar-refractivity contribution in [3.05, 3.63) is 52.4 Å². The predicted molar refractivity (Wildman–Crippen MR) is 155 cm³/mol. The largest absolute Gasteiger partial charge is 0.340 e. The molecule has 0 atom stereocenters. The number of halogens is 2. The van der Waals surface area contributed by atoms with Crippen LogP contribution < -0.4 is 10.2 Å². The summed E-state index contributed by atoms with van der Waals surface area (Å²) in [5.41, 5.74) is 2.51. The minimum absolute atomic E-state index is 0.153. The first-order chi connectivity index (χ1) is 17.8. The second kappa shape index (κ2) is 14.8. The average Bonchev–Trinajstić information content (AvgIpc) is 2.88. The lowest BCUT2D eigenvalue weighted by molar-refractivity contribution is 0.191. The number of benzene rings is 2. The second-order valence-electron chi connectivity index (χ2n) is 9.79. The van der Waals surface area contributed by atoms with Crippen LogP contribution in [0.2, 0.25) is 5.02 Å². The molecule has 2 aromatic carbocycles. The summed E-state index contributed by atoms with van der Waals surface area (Å²) in [7, 11) is 4.23. The van der Waals surface area contributed by atoms with E-state index in [1.807, 2.05) is 17.8 Å². The third kappa shape index (κ3) is 8.77. The number of anilines is 2. The molecule has 0 radical (unpaired) electrons. The molecule has 0 bridgehead atoms. The fourth-order valence-corrected chi connectivity index (χ4v) is 5.90. The highest BCUT2D eigenvalue weighted by atomic mass is 35.5. The number of hydrogen-bond donors (Lipinski definition) is 1. The Kier molecular flexibility index (Phi) is 11.8. The van der Waals surface area contributed by atoms with Gasteiger partial charge in [0.15, 0.2) is 0 Å².